The van der Waals surface area contributed by atoms with Gasteiger partial charge in [0.15, 0.2) is 0 Å². The molecule has 5 heteroatoms. The van der Waals surface area contributed by atoms with Crippen LogP contribution in [0.15, 0.2) is 42.5 Å². The van der Waals surface area contributed by atoms with Crippen LogP contribution in [0.2, 0.25) is 0 Å². The highest BCUT2D eigenvalue weighted by Crippen LogP contribution is 2.27. The summed E-state index contributed by atoms with van der Waals surface area (Å²) in [6.45, 7) is 7.77. The van der Waals surface area contributed by atoms with E-state index in [1.807, 2.05) is 46.2 Å². The summed E-state index contributed by atoms with van der Waals surface area (Å²) >= 11 is 0. The van der Waals surface area contributed by atoms with Gasteiger partial charge in [-0.2, -0.15) is 0 Å². The van der Waals surface area contributed by atoms with E-state index in [-0.39, 0.29) is 11.8 Å². The van der Waals surface area contributed by atoms with Gasteiger partial charge in [0.1, 0.15) is 0 Å². The maximum absolute atomic E-state index is 13.0. The Morgan fingerprint density at radius 2 is 1.71 bits per heavy atom. The minimum absolute atomic E-state index is 0.122. The summed E-state index contributed by atoms with van der Waals surface area (Å²) < 4.78 is 0. The van der Waals surface area contributed by atoms with Crippen molar-refractivity contribution in [2.24, 2.45) is 0 Å². The lowest BCUT2D eigenvalue weighted by Gasteiger charge is -2.31. The van der Waals surface area contributed by atoms with Crippen LogP contribution in [-0.2, 0) is 6.42 Å². The average Bonchev–Trinajstić information content (AvgIpc) is 3.16. The van der Waals surface area contributed by atoms with Crippen LogP contribution in [0.1, 0.15) is 52.5 Å². The number of amides is 2. The predicted molar refractivity (Wildman–Crippen MR) is 122 cm³/mol. The largest absolute Gasteiger partial charge is 0.339 e. The number of likely N-dealkylation sites (tertiary alicyclic amines) is 2. The van der Waals surface area contributed by atoms with Crippen molar-refractivity contribution in [1.29, 1.82) is 0 Å². The van der Waals surface area contributed by atoms with Gasteiger partial charge in [0.05, 0.1) is 0 Å². The van der Waals surface area contributed by atoms with E-state index in [4.69, 9.17) is 0 Å². The summed E-state index contributed by atoms with van der Waals surface area (Å²) in [6, 6.07) is 14.7. The monoisotopic (exact) mass is 417 g/mol. The van der Waals surface area contributed by atoms with Crippen molar-refractivity contribution in [3.05, 3.63) is 59.2 Å². The first-order valence-electron chi connectivity index (χ1n) is 11.7. The molecule has 31 heavy (non-hydrogen) atoms. The van der Waals surface area contributed by atoms with Crippen molar-refractivity contribution in [3.8, 4) is 11.1 Å². The summed E-state index contributed by atoms with van der Waals surface area (Å²) in [4.78, 5) is 31.8. The minimum atomic E-state index is 0.122. The SMILES string of the molecule is CC1CCCN1CCN1CCc2cc(-c3ccc(C(=O)N4CCC4)cc3)ccc2C1=O. The molecule has 2 amide bonds. The Labute approximate surface area is 184 Å². The third kappa shape index (κ3) is 3.99. The molecule has 2 saturated heterocycles. The van der Waals surface area contributed by atoms with Crippen LogP contribution in [0, 0.1) is 0 Å². The third-order valence-corrected chi connectivity index (χ3v) is 7.23. The van der Waals surface area contributed by atoms with Crippen molar-refractivity contribution in [2.75, 3.05) is 39.3 Å². The van der Waals surface area contributed by atoms with E-state index >= 15 is 0 Å². The van der Waals surface area contributed by atoms with Crippen LogP contribution < -0.4 is 0 Å². The first-order valence-corrected chi connectivity index (χ1v) is 11.7. The molecule has 2 aromatic rings. The fraction of sp³-hybridized carbons (Fsp3) is 0.462. The first kappa shape index (κ1) is 20.3. The predicted octanol–water partition coefficient (Wildman–Crippen LogP) is 3.68. The van der Waals surface area contributed by atoms with E-state index in [0.29, 0.717) is 6.04 Å². The quantitative estimate of drug-likeness (QED) is 0.745. The molecule has 1 atom stereocenters. The maximum Gasteiger partial charge on any atom is 0.254 e. The van der Waals surface area contributed by atoms with E-state index in [1.54, 1.807) is 0 Å². The highest BCUT2D eigenvalue weighted by molar-refractivity contribution is 5.98. The molecule has 162 valence electrons. The molecule has 0 spiro atoms. The Bertz CT molecular complexity index is 981. The molecule has 0 aromatic heterocycles. The highest BCUT2D eigenvalue weighted by Gasteiger charge is 2.27. The Morgan fingerprint density at radius 1 is 0.935 bits per heavy atom. The van der Waals surface area contributed by atoms with Crippen LogP contribution >= 0.6 is 0 Å². The normalized spacial score (nSPS) is 21.2. The van der Waals surface area contributed by atoms with E-state index in [9.17, 15) is 9.59 Å². The molecule has 1 unspecified atom stereocenters. The number of carbonyl (C=O) groups excluding carboxylic acids is 2. The molecule has 5 nitrogen and oxygen atoms in total. The maximum atomic E-state index is 13.0. The van der Waals surface area contributed by atoms with Gasteiger partial charge >= 0.3 is 0 Å². The number of hydrogen-bond donors (Lipinski definition) is 0. The van der Waals surface area contributed by atoms with Crippen molar-refractivity contribution in [3.63, 3.8) is 0 Å². The van der Waals surface area contributed by atoms with Gasteiger partial charge in [-0.1, -0.05) is 24.3 Å². The topological polar surface area (TPSA) is 43.9 Å². The van der Waals surface area contributed by atoms with E-state index in [1.165, 1.54) is 12.8 Å². The Kier molecular flexibility index (Phi) is 5.53. The van der Waals surface area contributed by atoms with Crippen molar-refractivity contribution < 1.29 is 9.59 Å². The number of nitrogens with zero attached hydrogens (tertiary/aromatic N) is 3. The molecular weight excluding hydrogens is 386 g/mol. The summed E-state index contributed by atoms with van der Waals surface area (Å²) in [5, 5.41) is 0. The molecule has 3 aliphatic heterocycles. The molecule has 3 heterocycles. The second kappa shape index (κ2) is 8.46. The summed E-state index contributed by atoms with van der Waals surface area (Å²) in [5.74, 6) is 0.285. The molecule has 0 N–H and O–H groups in total. The molecule has 5 rings (SSSR count). The standard InChI is InChI=1S/C26H31N3O2/c1-19-4-2-12-27(19)16-17-29-15-11-23-18-22(9-10-24(23)26(29)31)20-5-7-21(8-6-20)25(30)28-13-3-14-28/h5-10,18-19H,2-4,11-17H2,1H3. The van der Waals surface area contributed by atoms with Crippen LogP contribution in [-0.4, -0.2) is 71.8 Å². The fourth-order valence-corrected chi connectivity index (χ4v) is 5.01. The van der Waals surface area contributed by atoms with Crippen LogP contribution in [0.3, 0.4) is 0 Å². The summed E-state index contributed by atoms with van der Waals surface area (Å²) in [5.41, 5.74) is 4.91. The lowest BCUT2D eigenvalue weighted by atomic mass is 9.93. The van der Waals surface area contributed by atoms with Gasteiger partial charge < -0.3 is 9.80 Å². The number of rotatable bonds is 5. The molecule has 2 aromatic carbocycles. The lowest BCUT2D eigenvalue weighted by Crippen LogP contribution is -2.43. The van der Waals surface area contributed by atoms with Gasteiger partial charge in [-0.3, -0.25) is 14.5 Å². The Hall–Kier alpha value is -2.66. The number of benzene rings is 2. The molecule has 0 saturated carbocycles. The zero-order valence-electron chi connectivity index (χ0n) is 18.3. The van der Waals surface area contributed by atoms with E-state index in [0.717, 1.165) is 79.9 Å². The molecule has 0 radical (unpaired) electrons. The smallest absolute Gasteiger partial charge is 0.254 e. The Morgan fingerprint density at radius 3 is 2.39 bits per heavy atom. The number of carbonyl (C=O) groups is 2. The van der Waals surface area contributed by atoms with Crippen LogP contribution in [0.4, 0.5) is 0 Å². The van der Waals surface area contributed by atoms with Gasteiger partial charge in [0.25, 0.3) is 11.8 Å². The van der Waals surface area contributed by atoms with Crippen molar-refractivity contribution in [1.82, 2.24) is 14.7 Å². The zero-order valence-corrected chi connectivity index (χ0v) is 18.3. The van der Waals surface area contributed by atoms with Gasteiger partial charge in [-0.25, -0.2) is 0 Å². The lowest BCUT2D eigenvalue weighted by molar-refractivity contribution is 0.0651. The van der Waals surface area contributed by atoms with E-state index in [2.05, 4.69) is 17.9 Å². The van der Waals surface area contributed by atoms with Gasteiger partial charge in [0, 0.05) is 49.9 Å². The highest BCUT2D eigenvalue weighted by atomic mass is 16.2. The van der Waals surface area contributed by atoms with Gasteiger partial charge in [-0.05, 0) is 74.0 Å². The number of fused-ring (bicyclic) bond motifs is 1. The third-order valence-electron chi connectivity index (χ3n) is 7.23. The minimum Gasteiger partial charge on any atom is -0.339 e. The average molecular weight is 418 g/mol. The molecule has 0 bridgehead atoms. The van der Waals surface area contributed by atoms with Crippen LogP contribution in [0.25, 0.3) is 11.1 Å². The Balaban J connectivity index is 1.26. The molecular formula is C26H31N3O2. The van der Waals surface area contributed by atoms with E-state index < -0.39 is 0 Å². The zero-order chi connectivity index (χ0) is 21.4. The second-order valence-electron chi connectivity index (χ2n) is 9.16. The molecule has 2 fully saturated rings. The molecule has 3 aliphatic rings. The van der Waals surface area contributed by atoms with Crippen molar-refractivity contribution >= 4 is 11.8 Å². The fourth-order valence-electron chi connectivity index (χ4n) is 5.01. The number of hydrogen-bond acceptors (Lipinski definition) is 3. The van der Waals surface area contributed by atoms with Gasteiger partial charge in [0.2, 0.25) is 0 Å². The van der Waals surface area contributed by atoms with Crippen molar-refractivity contribution in [2.45, 2.75) is 38.6 Å². The summed E-state index contributed by atoms with van der Waals surface area (Å²) in [6.07, 6.45) is 4.55. The van der Waals surface area contributed by atoms with Gasteiger partial charge in [-0.15, -0.1) is 0 Å². The van der Waals surface area contributed by atoms with Crippen LogP contribution in [0.5, 0.6) is 0 Å². The first-order chi connectivity index (χ1) is 15.1. The second-order valence-corrected chi connectivity index (χ2v) is 9.16. The summed E-state index contributed by atoms with van der Waals surface area (Å²) in [7, 11) is 0. The molecule has 0 aliphatic carbocycles.